The van der Waals surface area contributed by atoms with Crippen molar-refractivity contribution in [1.82, 2.24) is 0 Å². The smallest absolute Gasteiger partial charge is 0.125 e. The van der Waals surface area contributed by atoms with Gasteiger partial charge in [-0.25, -0.2) is 4.99 Å². The molecule has 0 radical (unpaired) electrons. The molecule has 0 unspecified atom stereocenters. The van der Waals surface area contributed by atoms with Crippen LogP contribution in [0.4, 0.5) is 5.69 Å². The van der Waals surface area contributed by atoms with Gasteiger partial charge in [-0.1, -0.05) is 53.5 Å². The van der Waals surface area contributed by atoms with E-state index in [4.69, 9.17) is 28.2 Å². The molecule has 3 aromatic carbocycles. The summed E-state index contributed by atoms with van der Waals surface area (Å²) in [6, 6.07) is 20.3. The van der Waals surface area contributed by atoms with E-state index >= 15 is 0 Å². The molecule has 4 heteroatoms. The first-order chi connectivity index (χ1) is 11.5. The second kappa shape index (κ2) is 7.08. The number of hydrogen-bond donors (Lipinski definition) is 1. The third kappa shape index (κ3) is 3.61. The molecule has 0 heterocycles. The van der Waals surface area contributed by atoms with Crippen LogP contribution in [0, 0.1) is 6.92 Å². The summed E-state index contributed by atoms with van der Waals surface area (Å²) < 4.78 is 0. The predicted molar refractivity (Wildman–Crippen MR) is 101 cm³/mol. The Hall–Kier alpha value is -2.29. The van der Waals surface area contributed by atoms with Crippen LogP contribution in [-0.4, -0.2) is 10.8 Å². The van der Waals surface area contributed by atoms with E-state index in [1.807, 2.05) is 49.4 Å². The van der Waals surface area contributed by atoms with Crippen molar-refractivity contribution in [3.05, 3.63) is 93.5 Å². The highest BCUT2D eigenvalue weighted by molar-refractivity contribution is 6.32. The molecule has 0 aliphatic heterocycles. The highest BCUT2D eigenvalue weighted by Gasteiger charge is 2.14. The Kier molecular flexibility index (Phi) is 4.89. The summed E-state index contributed by atoms with van der Waals surface area (Å²) in [5.41, 5.74) is 3.69. The van der Waals surface area contributed by atoms with Gasteiger partial charge in [-0.05, 0) is 48.9 Å². The van der Waals surface area contributed by atoms with E-state index in [-0.39, 0.29) is 5.75 Å². The first-order valence-electron chi connectivity index (χ1n) is 7.44. The number of benzene rings is 3. The number of aliphatic imine (C=N–C) groups is 1. The highest BCUT2D eigenvalue weighted by atomic mass is 35.5. The minimum atomic E-state index is 0.147. The Labute approximate surface area is 151 Å². The van der Waals surface area contributed by atoms with Crippen molar-refractivity contribution in [2.75, 3.05) is 0 Å². The Morgan fingerprint density at radius 3 is 2.25 bits per heavy atom. The van der Waals surface area contributed by atoms with Gasteiger partial charge in [0.2, 0.25) is 0 Å². The fraction of sp³-hybridized carbons (Fsp3) is 0.0500. The molecule has 0 aliphatic rings. The van der Waals surface area contributed by atoms with Crippen LogP contribution in [0.1, 0.15) is 16.7 Å². The number of halogens is 2. The summed E-state index contributed by atoms with van der Waals surface area (Å²) in [5.74, 6) is 0.147. The Morgan fingerprint density at radius 2 is 1.58 bits per heavy atom. The van der Waals surface area contributed by atoms with Crippen LogP contribution in [0.3, 0.4) is 0 Å². The van der Waals surface area contributed by atoms with Crippen LogP contribution in [0.5, 0.6) is 5.75 Å². The van der Waals surface area contributed by atoms with Crippen molar-refractivity contribution < 1.29 is 5.11 Å². The largest absolute Gasteiger partial charge is 0.507 e. The lowest BCUT2D eigenvalue weighted by Crippen LogP contribution is -2.04. The normalized spacial score (nSPS) is 11.5. The quantitative estimate of drug-likeness (QED) is 0.559. The second-order valence-corrected chi connectivity index (χ2v) is 6.27. The first kappa shape index (κ1) is 16.6. The fourth-order valence-electron chi connectivity index (χ4n) is 2.38. The molecule has 0 atom stereocenters. The number of phenolic OH excluding ortho intramolecular Hbond substituents is 1. The van der Waals surface area contributed by atoms with Crippen molar-refractivity contribution in [3.63, 3.8) is 0 Å². The molecule has 2 nitrogen and oxygen atoms in total. The van der Waals surface area contributed by atoms with E-state index in [0.717, 1.165) is 16.8 Å². The molecule has 0 saturated carbocycles. The number of aromatic hydroxyl groups is 1. The average Bonchev–Trinajstić information content (AvgIpc) is 2.59. The molecule has 0 aliphatic carbocycles. The summed E-state index contributed by atoms with van der Waals surface area (Å²) in [4.78, 5) is 4.71. The number of nitrogens with zero attached hydrogens (tertiary/aromatic N) is 1. The van der Waals surface area contributed by atoms with E-state index in [2.05, 4.69) is 0 Å². The lowest BCUT2D eigenvalue weighted by Gasteiger charge is -2.11. The van der Waals surface area contributed by atoms with Gasteiger partial charge in [0, 0.05) is 21.2 Å². The van der Waals surface area contributed by atoms with Gasteiger partial charge in [0.05, 0.1) is 11.4 Å². The van der Waals surface area contributed by atoms with E-state index in [0.29, 0.717) is 21.3 Å². The number of rotatable bonds is 3. The summed E-state index contributed by atoms with van der Waals surface area (Å²) in [5, 5.41) is 11.6. The van der Waals surface area contributed by atoms with Crippen LogP contribution in [-0.2, 0) is 0 Å². The summed E-state index contributed by atoms with van der Waals surface area (Å²) >= 11 is 12.2. The van der Waals surface area contributed by atoms with Crippen molar-refractivity contribution in [2.45, 2.75) is 6.92 Å². The molecular weight excluding hydrogens is 341 g/mol. The average molecular weight is 356 g/mol. The topological polar surface area (TPSA) is 32.6 Å². The zero-order valence-corrected chi connectivity index (χ0v) is 14.5. The molecule has 0 saturated heterocycles. The molecule has 0 spiro atoms. The van der Waals surface area contributed by atoms with Crippen molar-refractivity contribution >= 4 is 34.6 Å². The molecule has 3 aromatic rings. The molecular formula is C20H15Cl2NO. The first-order valence-corrected chi connectivity index (χ1v) is 8.19. The number of aryl methyl sites for hydroxylation is 1. The van der Waals surface area contributed by atoms with Gasteiger partial charge in [0.1, 0.15) is 5.75 Å². The fourth-order valence-corrected chi connectivity index (χ4v) is 2.67. The third-order valence-electron chi connectivity index (χ3n) is 3.65. The minimum absolute atomic E-state index is 0.147. The minimum Gasteiger partial charge on any atom is -0.507 e. The van der Waals surface area contributed by atoms with Crippen LogP contribution >= 0.6 is 23.2 Å². The molecule has 120 valence electrons. The van der Waals surface area contributed by atoms with Gasteiger partial charge in [0.25, 0.3) is 0 Å². The number of hydrogen-bond acceptors (Lipinski definition) is 2. The van der Waals surface area contributed by atoms with Gasteiger partial charge >= 0.3 is 0 Å². The van der Waals surface area contributed by atoms with E-state index in [9.17, 15) is 5.11 Å². The molecule has 3 rings (SSSR count). The molecule has 0 bridgehead atoms. The predicted octanol–water partition coefficient (Wildman–Crippen LogP) is 6.18. The van der Waals surface area contributed by atoms with Gasteiger partial charge in [-0.2, -0.15) is 0 Å². The maximum absolute atomic E-state index is 10.4. The highest BCUT2D eigenvalue weighted by Crippen LogP contribution is 2.29. The maximum atomic E-state index is 10.4. The summed E-state index contributed by atoms with van der Waals surface area (Å²) in [6.45, 7) is 1.85. The zero-order chi connectivity index (χ0) is 17.1. The lowest BCUT2D eigenvalue weighted by molar-refractivity contribution is 0.474. The Balaban J connectivity index is 2.20. The molecule has 0 amide bonds. The zero-order valence-electron chi connectivity index (χ0n) is 13.0. The van der Waals surface area contributed by atoms with Crippen molar-refractivity contribution in [3.8, 4) is 5.75 Å². The lowest BCUT2D eigenvalue weighted by atomic mass is 10.00. The van der Waals surface area contributed by atoms with E-state index < -0.39 is 0 Å². The molecule has 0 fully saturated rings. The van der Waals surface area contributed by atoms with Crippen LogP contribution < -0.4 is 0 Å². The summed E-state index contributed by atoms with van der Waals surface area (Å²) in [6.07, 6.45) is 0. The van der Waals surface area contributed by atoms with Gasteiger partial charge in [-0.3, -0.25) is 0 Å². The monoisotopic (exact) mass is 355 g/mol. The number of phenols is 1. The SMILES string of the molecule is Cc1cc(O)c(C(=Nc2ccc(Cl)cc2)c2ccccc2)cc1Cl. The van der Waals surface area contributed by atoms with Crippen LogP contribution in [0.25, 0.3) is 0 Å². The standard InChI is InChI=1S/C20H15Cl2NO/c1-13-11-19(24)17(12-18(13)22)20(14-5-3-2-4-6-14)23-16-9-7-15(21)8-10-16/h2-12,24H,1H3. The van der Waals surface area contributed by atoms with E-state index in [1.165, 1.54) is 0 Å². The van der Waals surface area contributed by atoms with Gasteiger partial charge in [-0.15, -0.1) is 0 Å². The molecule has 0 aromatic heterocycles. The Morgan fingerprint density at radius 1 is 0.917 bits per heavy atom. The maximum Gasteiger partial charge on any atom is 0.125 e. The van der Waals surface area contributed by atoms with E-state index in [1.54, 1.807) is 24.3 Å². The molecule has 1 N–H and O–H groups in total. The van der Waals surface area contributed by atoms with Crippen molar-refractivity contribution in [2.24, 2.45) is 4.99 Å². The summed E-state index contributed by atoms with van der Waals surface area (Å²) in [7, 11) is 0. The van der Waals surface area contributed by atoms with Crippen LogP contribution in [0.2, 0.25) is 10.0 Å². The Bertz CT molecular complexity index is 888. The van der Waals surface area contributed by atoms with Crippen molar-refractivity contribution in [1.29, 1.82) is 0 Å². The third-order valence-corrected chi connectivity index (χ3v) is 4.31. The molecule has 24 heavy (non-hydrogen) atoms. The van der Waals surface area contributed by atoms with Gasteiger partial charge < -0.3 is 5.11 Å². The van der Waals surface area contributed by atoms with Crippen LogP contribution in [0.15, 0.2) is 71.7 Å². The van der Waals surface area contributed by atoms with Gasteiger partial charge in [0.15, 0.2) is 0 Å². The second-order valence-electron chi connectivity index (χ2n) is 5.42.